The molecule has 0 atom stereocenters. The molecule has 0 radical (unpaired) electrons. The first-order valence-corrected chi connectivity index (χ1v) is 7.25. The Hall–Kier alpha value is -3.03. The average Bonchev–Trinajstić information content (AvgIpc) is 2.59. The molecule has 5 nitrogen and oxygen atoms in total. The van der Waals surface area contributed by atoms with Crippen molar-refractivity contribution in [1.29, 1.82) is 0 Å². The minimum absolute atomic E-state index is 0.0504. The Labute approximate surface area is 142 Å². The van der Waals surface area contributed by atoms with E-state index < -0.39 is 12.5 Å². The van der Waals surface area contributed by atoms with Gasteiger partial charge >= 0.3 is 6.61 Å². The van der Waals surface area contributed by atoms with E-state index in [1.165, 1.54) is 30.5 Å². The van der Waals surface area contributed by atoms with Crippen LogP contribution in [0, 0.1) is 5.82 Å². The summed E-state index contributed by atoms with van der Waals surface area (Å²) in [5.74, 6) is -0.840. The molecule has 0 aliphatic heterocycles. The zero-order valence-corrected chi connectivity index (χ0v) is 13.0. The van der Waals surface area contributed by atoms with E-state index in [-0.39, 0.29) is 30.3 Å². The van der Waals surface area contributed by atoms with Crippen LogP contribution >= 0.6 is 0 Å². The molecule has 25 heavy (non-hydrogen) atoms. The highest BCUT2D eigenvalue weighted by Gasteiger charge is 2.07. The summed E-state index contributed by atoms with van der Waals surface area (Å²) in [6.45, 7) is -3.08. The van der Waals surface area contributed by atoms with Crippen molar-refractivity contribution in [3.8, 4) is 5.75 Å². The number of nitrogens with one attached hydrogen (secondary N) is 1. The maximum Gasteiger partial charge on any atom is 0.387 e. The van der Waals surface area contributed by atoms with Gasteiger partial charge in [-0.3, -0.25) is 4.79 Å². The fourth-order valence-electron chi connectivity index (χ4n) is 1.83. The van der Waals surface area contributed by atoms with E-state index in [9.17, 15) is 18.0 Å². The van der Waals surface area contributed by atoms with Gasteiger partial charge < -0.3 is 14.9 Å². The number of halogens is 3. The van der Waals surface area contributed by atoms with E-state index in [2.05, 4.69) is 15.2 Å². The highest BCUT2D eigenvalue weighted by Crippen LogP contribution is 2.18. The van der Waals surface area contributed by atoms with Crippen molar-refractivity contribution in [2.45, 2.75) is 13.2 Å². The first-order chi connectivity index (χ1) is 12.0. The van der Waals surface area contributed by atoms with Gasteiger partial charge in [-0.15, -0.1) is 0 Å². The van der Waals surface area contributed by atoms with Gasteiger partial charge in [0.15, 0.2) is 6.61 Å². The number of para-hydroxylation sites is 1. The number of carbonyl (C=O) groups excluding carboxylic acids is 1. The zero-order chi connectivity index (χ0) is 18.1. The molecule has 0 saturated heterocycles. The van der Waals surface area contributed by atoms with Gasteiger partial charge in [-0.1, -0.05) is 29.4 Å². The lowest BCUT2D eigenvalue weighted by Crippen LogP contribution is -2.26. The largest absolute Gasteiger partial charge is 0.434 e. The summed E-state index contributed by atoms with van der Waals surface area (Å²) in [6.07, 6.45) is 1.17. The smallest absolute Gasteiger partial charge is 0.387 e. The minimum Gasteiger partial charge on any atom is -0.434 e. The molecule has 0 fully saturated rings. The molecule has 2 aromatic carbocycles. The number of carbonyl (C=O) groups is 1. The average molecular weight is 352 g/mol. The van der Waals surface area contributed by atoms with Crippen LogP contribution in [-0.2, 0) is 16.2 Å². The molecule has 0 saturated carbocycles. The van der Waals surface area contributed by atoms with Crippen LogP contribution in [0.25, 0.3) is 0 Å². The summed E-state index contributed by atoms with van der Waals surface area (Å²) in [7, 11) is 0. The number of rotatable bonds is 8. The van der Waals surface area contributed by atoms with E-state index in [4.69, 9.17) is 4.84 Å². The van der Waals surface area contributed by atoms with E-state index in [1.54, 1.807) is 24.3 Å². The maximum atomic E-state index is 12.8. The summed E-state index contributed by atoms with van der Waals surface area (Å²) < 4.78 is 41.6. The second-order valence-electron chi connectivity index (χ2n) is 4.83. The van der Waals surface area contributed by atoms with Crippen LogP contribution in [0.3, 0.4) is 0 Å². The predicted octanol–water partition coefficient (Wildman–Crippen LogP) is 3.09. The molecule has 8 heteroatoms. The molecule has 0 aromatic heterocycles. The lowest BCUT2D eigenvalue weighted by molar-refractivity contribution is -0.125. The van der Waals surface area contributed by atoms with E-state index in [0.717, 1.165) is 5.56 Å². The number of amides is 1. The van der Waals surface area contributed by atoms with E-state index >= 15 is 0 Å². The van der Waals surface area contributed by atoms with Gasteiger partial charge in [0.1, 0.15) is 11.6 Å². The Morgan fingerprint density at radius 1 is 1.16 bits per heavy atom. The van der Waals surface area contributed by atoms with Crippen LogP contribution in [0.4, 0.5) is 13.2 Å². The SMILES string of the molecule is O=C(CO/N=C/c1ccccc1OC(F)F)NCc1ccc(F)cc1. The van der Waals surface area contributed by atoms with E-state index in [0.29, 0.717) is 0 Å². The highest BCUT2D eigenvalue weighted by molar-refractivity contribution is 5.83. The second kappa shape index (κ2) is 9.31. The Balaban J connectivity index is 1.77. The number of ether oxygens (including phenoxy) is 1. The summed E-state index contributed by atoms with van der Waals surface area (Å²) in [5, 5.41) is 6.13. The molecule has 2 aromatic rings. The van der Waals surface area contributed by atoms with Crippen LogP contribution < -0.4 is 10.1 Å². The maximum absolute atomic E-state index is 12.8. The normalized spacial score (nSPS) is 10.9. The zero-order valence-electron chi connectivity index (χ0n) is 13.0. The van der Waals surface area contributed by atoms with Gasteiger partial charge in [0.05, 0.1) is 6.21 Å². The molecule has 0 bridgehead atoms. The quantitative estimate of drug-likeness (QED) is 0.587. The van der Waals surface area contributed by atoms with Crippen molar-refractivity contribution < 1.29 is 27.5 Å². The minimum atomic E-state index is -2.95. The van der Waals surface area contributed by atoms with Crippen molar-refractivity contribution in [1.82, 2.24) is 5.32 Å². The highest BCUT2D eigenvalue weighted by atomic mass is 19.3. The van der Waals surface area contributed by atoms with Crippen molar-refractivity contribution in [3.05, 3.63) is 65.5 Å². The summed E-state index contributed by atoms with van der Waals surface area (Å²) >= 11 is 0. The summed E-state index contributed by atoms with van der Waals surface area (Å²) in [5.41, 5.74) is 1.02. The van der Waals surface area contributed by atoms with Crippen LogP contribution in [0.2, 0.25) is 0 Å². The summed E-state index contributed by atoms with van der Waals surface area (Å²) in [4.78, 5) is 16.4. The molecule has 2 rings (SSSR count). The Morgan fingerprint density at radius 2 is 1.88 bits per heavy atom. The number of alkyl halides is 2. The number of hydrogen-bond donors (Lipinski definition) is 1. The second-order valence-corrected chi connectivity index (χ2v) is 4.83. The van der Waals surface area contributed by atoms with E-state index in [1.807, 2.05) is 0 Å². The molecule has 0 aliphatic rings. The fourth-order valence-corrected chi connectivity index (χ4v) is 1.83. The third-order valence-corrected chi connectivity index (χ3v) is 3.00. The van der Waals surface area contributed by atoms with Gasteiger partial charge in [0.25, 0.3) is 5.91 Å². The van der Waals surface area contributed by atoms with Gasteiger partial charge in [-0.2, -0.15) is 8.78 Å². The third-order valence-electron chi connectivity index (χ3n) is 3.00. The standard InChI is InChI=1S/C17H15F3N2O3/c18-14-7-5-12(6-8-14)9-21-16(23)11-24-22-10-13-3-1-2-4-15(13)25-17(19)20/h1-8,10,17H,9,11H2,(H,21,23)/b22-10+. The molecule has 0 spiro atoms. The number of hydrogen-bond acceptors (Lipinski definition) is 4. The molecule has 0 aliphatic carbocycles. The van der Waals surface area contributed by atoms with Crippen LogP contribution in [0.1, 0.15) is 11.1 Å². The first kappa shape index (κ1) is 18.3. The Morgan fingerprint density at radius 3 is 2.60 bits per heavy atom. The molecular weight excluding hydrogens is 337 g/mol. The van der Waals surface area contributed by atoms with Gasteiger partial charge in [-0.25, -0.2) is 4.39 Å². The van der Waals surface area contributed by atoms with Crippen LogP contribution in [-0.4, -0.2) is 25.3 Å². The summed E-state index contributed by atoms with van der Waals surface area (Å²) in [6, 6.07) is 11.7. The van der Waals surface area contributed by atoms with Gasteiger partial charge in [0, 0.05) is 12.1 Å². The van der Waals surface area contributed by atoms with Crippen molar-refractivity contribution in [3.63, 3.8) is 0 Å². The first-order valence-electron chi connectivity index (χ1n) is 7.25. The lowest BCUT2D eigenvalue weighted by atomic mass is 10.2. The molecule has 1 amide bonds. The molecule has 0 heterocycles. The number of nitrogens with zero attached hydrogens (tertiary/aromatic N) is 1. The monoisotopic (exact) mass is 352 g/mol. The van der Waals surface area contributed by atoms with Gasteiger partial charge in [-0.05, 0) is 29.8 Å². The number of oxime groups is 1. The van der Waals surface area contributed by atoms with Gasteiger partial charge in [0.2, 0.25) is 0 Å². The Bertz CT molecular complexity index is 721. The van der Waals surface area contributed by atoms with Crippen molar-refractivity contribution in [2.24, 2.45) is 5.16 Å². The van der Waals surface area contributed by atoms with Crippen LogP contribution in [0.5, 0.6) is 5.75 Å². The predicted molar refractivity (Wildman–Crippen MR) is 84.9 cm³/mol. The molecule has 132 valence electrons. The van der Waals surface area contributed by atoms with Crippen LogP contribution in [0.15, 0.2) is 53.7 Å². The topological polar surface area (TPSA) is 59.9 Å². The third kappa shape index (κ3) is 6.54. The Kier molecular flexibility index (Phi) is 6.82. The van der Waals surface area contributed by atoms with Crippen molar-refractivity contribution in [2.75, 3.05) is 6.61 Å². The lowest BCUT2D eigenvalue weighted by Gasteiger charge is -2.07. The molecule has 0 unspecified atom stereocenters. The fraction of sp³-hybridized carbons (Fsp3) is 0.176. The number of benzene rings is 2. The molecule has 1 N–H and O–H groups in total. The van der Waals surface area contributed by atoms with Crippen molar-refractivity contribution >= 4 is 12.1 Å². The molecular formula is C17H15F3N2O3.